The molecule has 1 saturated heterocycles. The minimum atomic E-state index is -0.731. The van der Waals surface area contributed by atoms with Crippen LogP contribution in [0.3, 0.4) is 0 Å². The van der Waals surface area contributed by atoms with Gasteiger partial charge in [-0.15, -0.1) is 0 Å². The molecule has 4 amide bonds. The molecule has 0 atom stereocenters. The van der Waals surface area contributed by atoms with Gasteiger partial charge in [-0.1, -0.05) is 25.7 Å². The third-order valence-electron chi connectivity index (χ3n) is 4.04. The van der Waals surface area contributed by atoms with Crippen molar-refractivity contribution in [1.29, 1.82) is 0 Å². The SMILES string of the molecule is C.CN1C(=O)C(=C/C=C/C=C/c2c([O-])n(C)c(=O)n(C)c2=O)C(=O)N(C)C1=O. The van der Waals surface area contributed by atoms with Crippen LogP contribution in [0.1, 0.15) is 13.0 Å². The Labute approximate surface area is 160 Å². The molecule has 0 spiro atoms. The number of barbiturate groups is 1. The highest BCUT2D eigenvalue weighted by atomic mass is 16.3. The second kappa shape index (κ2) is 8.33. The number of hydrogen-bond acceptors (Lipinski definition) is 6. The zero-order chi connectivity index (χ0) is 20.5. The molecular weight excluding hydrogens is 368 g/mol. The summed E-state index contributed by atoms with van der Waals surface area (Å²) >= 11 is 0. The van der Waals surface area contributed by atoms with Gasteiger partial charge in [0, 0.05) is 33.8 Å². The molecule has 1 aliphatic heterocycles. The van der Waals surface area contributed by atoms with Gasteiger partial charge in [-0.3, -0.25) is 28.8 Å². The lowest BCUT2D eigenvalue weighted by Crippen LogP contribution is -2.52. The van der Waals surface area contributed by atoms with E-state index in [1.165, 1.54) is 58.6 Å². The number of carbonyl (C=O) groups excluding carboxylic acids is 3. The average molecular weight is 389 g/mol. The van der Waals surface area contributed by atoms with Crippen LogP contribution in [0.2, 0.25) is 0 Å². The lowest BCUT2D eigenvalue weighted by molar-refractivity contribution is -0.280. The maximum absolute atomic E-state index is 12.0. The summed E-state index contributed by atoms with van der Waals surface area (Å²) in [6.45, 7) is 0. The zero-order valence-electron chi connectivity index (χ0n) is 15.1. The first-order chi connectivity index (χ1) is 12.6. The summed E-state index contributed by atoms with van der Waals surface area (Å²) in [4.78, 5) is 60.9. The standard InChI is InChI=1S/C17H18N4O6.CH4/c1-18-12(22)10(13(23)19(2)16(18)26)8-6-5-7-9-11-14(24)20(3)17(27)21(4)15(11)25;/h5-9,22H,1-4H3;1H4/p-1/b7-5+,8-6+;. The fraction of sp³-hybridized carbons (Fsp3) is 0.278. The van der Waals surface area contributed by atoms with Gasteiger partial charge >= 0.3 is 11.7 Å². The summed E-state index contributed by atoms with van der Waals surface area (Å²) in [5, 5.41) is 12.0. The first-order valence-electron chi connectivity index (χ1n) is 7.71. The highest BCUT2D eigenvalue weighted by molar-refractivity contribution is 6.28. The molecule has 1 fully saturated rings. The van der Waals surface area contributed by atoms with Crippen LogP contribution in [-0.4, -0.2) is 50.9 Å². The molecule has 0 unspecified atom stereocenters. The Bertz CT molecular complexity index is 1020. The number of nitrogens with zero attached hydrogens (tertiary/aromatic N) is 4. The number of imide groups is 2. The van der Waals surface area contributed by atoms with Crippen LogP contribution in [0, 0.1) is 0 Å². The smallest absolute Gasteiger partial charge is 0.333 e. The van der Waals surface area contributed by atoms with Gasteiger partial charge in [0.15, 0.2) is 0 Å². The Morgan fingerprint density at radius 1 is 0.786 bits per heavy atom. The number of likely N-dealkylation sites (N-methyl/N-ethyl adjacent to an activating group) is 2. The van der Waals surface area contributed by atoms with Crippen molar-refractivity contribution in [2.45, 2.75) is 7.43 Å². The normalized spacial score (nSPS) is 15.0. The lowest BCUT2D eigenvalue weighted by Gasteiger charge is -2.28. The quantitative estimate of drug-likeness (QED) is 0.384. The van der Waals surface area contributed by atoms with E-state index in [1.807, 2.05) is 0 Å². The second-order valence-corrected chi connectivity index (χ2v) is 5.76. The van der Waals surface area contributed by atoms with Gasteiger partial charge in [-0.05, 0) is 18.0 Å². The van der Waals surface area contributed by atoms with E-state index in [4.69, 9.17) is 0 Å². The van der Waals surface area contributed by atoms with Gasteiger partial charge in [0.1, 0.15) is 5.57 Å². The molecular formula is C18H21N4O6-. The third kappa shape index (κ3) is 3.70. The molecule has 2 heterocycles. The highest BCUT2D eigenvalue weighted by Crippen LogP contribution is 2.14. The number of aromatic nitrogens is 2. The maximum Gasteiger partial charge on any atom is 0.333 e. The van der Waals surface area contributed by atoms with E-state index in [9.17, 15) is 29.1 Å². The predicted molar refractivity (Wildman–Crippen MR) is 100 cm³/mol. The molecule has 2 rings (SSSR count). The number of allylic oxidation sites excluding steroid dienone is 4. The first kappa shape index (κ1) is 22.4. The Kier molecular flexibility index (Phi) is 6.65. The Morgan fingerprint density at radius 2 is 1.32 bits per heavy atom. The fourth-order valence-electron chi connectivity index (χ4n) is 2.36. The van der Waals surface area contributed by atoms with Crippen LogP contribution in [-0.2, 0) is 23.7 Å². The van der Waals surface area contributed by atoms with Crippen molar-refractivity contribution in [2.75, 3.05) is 14.1 Å². The molecule has 1 aliphatic rings. The number of amides is 4. The van der Waals surface area contributed by atoms with Crippen molar-refractivity contribution in [3.63, 3.8) is 0 Å². The number of rotatable bonds is 3. The predicted octanol–water partition coefficient (Wildman–Crippen LogP) is -0.660. The number of carbonyl (C=O) groups is 3. The minimum Gasteiger partial charge on any atom is -0.859 e. The molecule has 0 N–H and O–H groups in total. The van der Waals surface area contributed by atoms with E-state index < -0.39 is 35.0 Å². The van der Waals surface area contributed by atoms with Crippen LogP contribution in [0.25, 0.3) is 6.08 Å². The van der Waals surface area contributed by atoms with Gasteiger partial charge in [0.2, 0.25) is 0 Å². The van der Waals surface area contributed by atoms with Gasteiger partial charge in [-0.2, -0.15) is 0 Å². The van der Waals surface area contributed by atoms with Crippen molar-refractivity contribution >= 4 is 23.9 Å². The van der Waals surface area contributed by atoms with Crippen LogP contribution < -0.4 is 16.4 Å². The summed E-state index contributed by atoms with van der Waals surface area (Å²) in [5.41, 5.74) is -1.86. The van der Waals surface area contributed by atoms with Crippen LogP contribution in [0.5, 0.6) is 5.88 Å². The van der Waals surface area contributed by atoms with Crippen LogP contribution in [0.15, 0.2) is 39.5 Å². The molecule has 10 nitrogen and oxygen atoms in total. The lowest BCUT2D eigenvalue weighted by atomic mass is 10.1. The minimum absolute atomic E-state index is 0. The summed E-state index contributed by atoms with van der Waals surface area (Å²) in [6.07, 6.45) is 6.57. The zero-order valence-corrected chi connectivity index (χ0v) is 15.1. The summed E-state index contributed by atoms with van der Waals surface area (Å²) in [5.74, 6) is -2.19. The van der Waals surface area contributed by atoms with Crippen molar-refractivity contribution in [3.8, 4) is 5.88 Å². The van der Waals surface area contributed by atoms with Crippen molar-refractivity contribution in [3.05, 3.63) is 56.3 Å². The average Bonchev–Trinajstić information content (AvgIpc) is 2.66. The first-order valence-corrected chi connectivity index (χ1v) is 7.71. The van der Waals surface area contributed by atoms with E-state index in [0.29, 0.717) is 0 Å². The van der Waals surface area contributed by atoms with Crippen LogP contribution in [0.4, 0.5) is 4.79 Å². The second-order valence-electron chi connectivity index (χ2n) is 5.76. The molecule has 0 saturated carbocycles. The van der Waals surface area contributed by atoms with Crippen LogP contribution >= 0.6 is 0 Å². The Balaban J connectivity index is 0.00000392. The largest absolute Gasteiger partial charge is 0.859 e. The topological polar surface area (TPSA) is 125 Å². The fourth-order valence-corrected chi connectivity index (χ4v) is 2.36. The molecule has 1 aromatic heterocycles. The van der Waals surface area contributed by atoms with E-state index in [-0.39, 0.29) is 18.6 Å². The van der Waals surface area contributed by atoms with E-state index in [1.54, 1.807) is 0 Å². The molecule has 150 valence electrons. The van der Waals surface area contributed by atoms with Gasteiger partial charge in [-0.25, -0.2) is 9.59 Å². The van der Waals surface area contributed by atoms with Crippen molar-refractivity contribution in [1.82, 2.24) is 18.9 Å². The number of hydrogen-bond donors (Lipinski definition) is 0. The molecule has 0 aromatic carbocycles. The highest BCUT2D eigenvalue weighted by Gasteiger charge is 2.37. The van der Waals surface area contributed by atoms with Gasteiger partial charge in [0.05, 0.1) is 0 Å². The van der Waals surface area contributed by atoms with E-state index >= 15 is 0 Å². The van der Waals surface area contributed by atoms with Gasteiger partial charge < -0.3 is 9.67 Å². The molecule has 0 aliphatic carbocycles. The Morgan fingerprint density at radius 3 is 1.86 bits per heavy atom. The third-order valence-corrected chi connectivity index (χ3v) is 4.04. The van der Waals surface area contributed by atoms with E-state index in [2.05, 4.69) is 0 Å². The van der Waals surface area contributed by atoms with Crippen molar-refractivity contribution in [2.24, 2.45) is 14.1 Å². The molecule has 0 bridgehead atoms. The van der Waals surface area contributed by atoms with Gasteiger partial charge in [0.25, 0.3) is 17.4 Å². The van der Waals surface area contributed by atoms with Crippen molar-refractivity contribution < 1.29 is 19.5 Å². The molecule has 10 heteroatoms. The monoisotopic (exact) mass is 389 g/mol. The maximum atomic E-state index is 12.0. The molecule has 1 aromatic rings. The summed E-state index contributed by atoms with van der Waals surface area (Å²) in [6, 6.07) is -0.723. The Hall–Kier alpha value is -3.69. The summed E-state index contributed by atoms with van der Waals surface area (Å²) in [7, 11) is 5.04. The summed E-state index contributed by atoms with van der Waals surface area (Å²) < 4.78 is 1.63. The van der Waals surface area contributed by atoms with E-state index in [0.717, 1.165) is 18.9 Å². The molecule has 0 radical (unpaired) electrons. The number of urea groups is 1. The molecule has 28 heavy (non-hydrogen) atoms.